The highest BCUT2D eigenvalue weighted by Gasteiger charge is 2.06. The van der Waals surface area contributed by atoms with E-state index in [0.717, 1.165) is 11.1 Å². The first-order chi connectivity index (χ1) is 10.2. The van der Waals surface area contributed by atoms with E-state index in [9.17, 15) is 0 Å². The molecule has 4 heteroatoms. The third kappa shape index (κ3) is 4.01. The molecular weight excluding hydrogens is 286 g/mol. The Balaban J connectivity index is 2.15. The molecule has 0 aliphatic heterocycles. The van der Waals surface area contributed by atoms with Gasteiger partial charge in [-0.2, -0.15) is 5.26 Å². The lowest BCUT2D eigenvalue weighted by molar-refractivity contribution is 0.284. The molecule has 2 aromatic carbocycles. The van der Waals surface area contributed by atoms with Crippen molar-refractivity contribution < 1.29 is 9.47 Å². The summed E-state index contributed by atoms with van der Waals surface area (Å²) >= 11 is 6.10. The van der Waals surface area contributed by atoms with E-state index in [4.69, 9.17) is 26.3 Å². The van der Waals surface area contributed by atoms with Gasteiger partial charge in [-0.3, -0.25) is 0 Å². The number of nitriles is 1. The number of hydrogen-bond donors (Lipinski definition) is 0. The minimum Gasteiger partial charge on any atom is -0.493 e. The fourth-order valence-corrected chi connectivity index (χ4v) is 2.00. The van der Waals surface area contributed by atoms with Gasteiger partial charge in [0, 0.05) is 16.7 Å². The summed E-state index contributed by atoms with van der Waals surface area (Å²) in [5, 5.41) is 9.21. The molecule has 0 heterocycles. The van der Waals surface area contributed by atoms with Crippen LogP contribution in [-0.2, 0) is 6.61 Å². The van der Waals surface area contributed by atoms with Crippen molar-refractivity contribution in [2.45, 2.75) is 6.61 Å². The molecule has 21 heavy (non-hydrogen) atoms. The standard InChI is InChI=1S/C17H14ClNO2/c1-20-17-11-13(5-4-10-19)8-9-16(17)21-12-14-6-2-3-7-15(14)18/h2-9,11H,12H2,1H3. The van der Waals surface area contributed by atoms with Crippen molar-refractivity contribution in [2.75, 3.05) is 7.11 Å². The molecule has 0 atom stereocenters. The Hall–Kier alpha value is -2.44. The minimum absolute atomic E-state index is 0.364. The van der Waals surface area contributed by atoms with Crippen LogP contribution < -0.4 is 9.47 Å². The monoisotopic (exact) mass is 299 g/mol. The first kappa shape index (κ1) is 15.0. The molecule has 3 nitrogen and oxygen atoms in total. The van der Waals surface area contributed by atoms with E-state index in [0.29, 0.717) is 23.1 Å². The van der Waals surface area contributed by atoms with Gasteiger partial charge >= 0.3 is 0 Å². The average Bonchev–Trinajstić information content (AvgIpc) is 2.52. The van der Waals surface area contributed by atoms with Crippen LogP contribution in [0.1, 0.15) is 11.1 Å². The van der Waals surface area contributed by atoms with Crippen molar-refractivity contribution in [1.29, 1.82) is 5.26 Å². The zero-order valence-electron chi connectivity index (χ0n) is 11.5. The van der Waals surface area contributed by atoms with Gasteiger partial charge in [-0.1, -0.05) is 35.9 Å². The largest absolute Gasteiger partial charge is 0.493 e. The fraction of sp³-hybridized carbons (Fsp3) is 0.118. The van der Waals surface area contributed by atoms with E-state index in [-0.39, 0.29) is 0 Å². The predicted octanol–water partition coefficient (Wildman–Crippen LogP) is 4.46. The van der Waals surface area contributed by atoms with Gasteiger partial charge in [-0.05, 0) is 29.8 Å². The van der Waals surface area contributed by atoms with Crippen molar-refractivity contribution in [3.63, 3.8) is 0 Å². The smallest absolute Gasteiger partial charge is 0.161 e. The first-order valence-corrected chi connectivity index (χ1v) is 6.73. The van der Waals surface area contributed by atoms with Crippen molar-refractivity contribution >= 4 is 17.7 Å². The van der Waals surface area contributed by atoms with Gasteiger partial charge < -0.3 is 9.47 Å². The second kappa shape index (κ2) is 7.37. The van der Waals surface area contributed by atoms with Crippen LogP contribution in [0.3, 0.4) is 0 Å². The van der Waals surface area contributed by atoms with Crippen molar-refractivity contribution in [2.24, 2.45) is 0 Å². The van der Waals surface area contributed by atoms with Crippen LogP contribution in [0.5, 0.6) is 11.5 Å². The number of halogens is 1. The molecule has 0 aromatic heterocycles. The number of rotatable bonds is 5. The summed E-state index contributed by atoms with van der Waals surface area (Å²) < 4.78 is 11.1. The predicted molar refractivity (Wildman–Crippen MR) is 83.4 cm³/mol. The van der Waals surface area contributed by atoms with Gasteiger partial charge in [-0.15, -0.1) is 0 Å². The second-order valence-corrected chi connectivity index (χ2v) is 4.66. The Morgan fingerprint density at radius 2 is 2.00 bits per heavy atom. The maximum atomic E-state index is 8.54. The average molecular weight is 300 g/mol. The molecule has 0 amide bonds. The van der Waals surface area contributed by atoms with Gasteiger partial charge in [0.15, 0.2) is 11.5 Å². The Labute approximate surface area is 129 Å². The number of benzene rings is 2. The van der Waals surface area contributed by atoms with Crippen LogP contribution in [0.2, 0.25) is 5.02 Å². The molecule has 2 aromatic rings. The molecule has 0 saturated heterocycles. The maximum Gasteiger partial charge on any atom is 0.161 e. The van der Waals surface area contributed by atoms with Gasteiger partial charge in [-0.25, -0.2) is 0 Å². The summed E-state index contributed by atoms with van der Waals surface area (Å²) in [7, 11) is 1.58. The van der Waals surface area contributed by atoms with E-state index in [1.807, 2.05) is 48.5 Å². The number of nitrogens with zero attached hydrogens (tertiary/aromatic N) is 1. The molecule has 106 valence electrons. The topological polar surface area (TPSA) is 42.2 Å². The second-order valence-electron chi connectivity index (χ2n) is 4.25. The SMILES string of the molecule is COc1cc(C=CC#N)ccc1OCc1ccccc1Cl. The number of hydrogen-bond acceptors (Lipinski definition) is 3. The lowest BCUT2D eigenvalue weighted by Gasteiger charge is -2.12. The maximum absolute atomic E-state index is 8.54. The highest BCUT2D eigenvalue weighted by Crippen LogP contribution is 2.30. The van der Waals surface area contributed by atoms with Gasteiger partial charge in [0.05, 0.1) is 13.2 Å². The fourth-order valence-electron chi connectivity index (χ4n) is 1.81. The van der Waals surface area contributed by atoms with Crippen LogP contribution >= 0.6 is 11.6 Å². The first-order valence-electron chi connectivity index (χ1n) is 6.35. The number of allylic oxidation sites excluding steroid dienone is 1. The summed E-state index contributed by atoms with van der Waals surface area (Å²) in [5.74, 6) is 1.24. The quantitative estimate of drug-likeness (QED) is 0.765. The van der Waals surface area contributed by atoms with Crippen LogP contribution in [-0.4, -0.2) is 7.11 Å². The Kier molecular flexibility index (Phi) is 5.25. The van der Waals surface area contributed by atoms with E-state index in [2.05, 4.69) is 0 Å². The Bertz CT molecular complexity index is 689. The molecule has 0 unspecified atom stereocenters. The van der Waals surface area contributed by atoms with Gasteiger partial charge in [0.25, 0.3) is 0 Å². The molecule has 2 rings (SSSR count). The molecule has 0 saturated carbocycles. The van der Waals surface area contributed by atoms with Crippen LogP contribution in [0, 0.1) is 11.3 Å². The van der Waals surface area contributed by atoms with Gasteiger partial charge in [0.1, 0.15) is 6.61 Å². The highest BCUT2D eigenvalue weighted by atomic mass is 35.5. The zero-order chi connectivity index (χ0) is 15.1. The molecule has 0 aliphatic carbocycles. The van der Waals surface area contributed by atoms with Crippen LogP contribution in [0.15, 0.2) is 48.5 Å². The molecule has 0 spiro atoms. The third-order valence-electron chi connectivity index (χ3n) is 2.88. The van der Waals surface area contributed by atoms with E-state index in [1.165, 1.54) is 6.08 Å². The highest BCUT2D eigenvalue weighted by molar-refractivity contribution is 6.31. The van der Waals surface area contributed by atoms with Crippen LogP contribution in [0.4, 0.5) is 0 Å². The van der Waals surface area contributed by atoms with Crippen LogP contribution in [0.25, 0.3) is 6.08 Å². The van der Waals surface area contributed by atoms with E-state index >= 15 is 0 Å². The summed E-state index contributed by atoms with van der Waals surface area (Å²) in [4.78, 5) is 0. The van der Waals surface area contributed by atoms with Crippen molar-refractivity contribution in [3.8, 4) is 17.6 Å². The van der Waals surface area contributed by atoms with Crippen molar-refractivity contribution in [1.82, 2.24) is 0 Å². The minimum atomic E-state index is 0.364. The molecule has 0 radical (unpaired) electrons. The molecule has 0 N–H and O–H groups in total. The van der Waals surface area contributed by atoms with E-state index in [1.54, 1.807) is 13.2 Å². The molecule has 0 bridgehead atoms. The number of ether oxygens (including phenoxy) is 2. The molecule has 0 aliphatic rings. The molecular formula is C17H14ClNO2. The summed E-state index contributed by atoms with van der Waals surface area (Å²) in [6, 6.07) is 15.0. The Morgan fingerprint density at radius 3 is 2.71 bits per heavy atom. The lowest BCUT2D eigenvalue weighted by Crippen LogP contribution is -1.98. The van der Waals surface area contributed by atoms with Crippen molar-refractivity contribution in [3.05, 3.63) is 64.7 Å². The summed E-state index contributed by atoms with van der Waals surface area (Å²) in [5.41, 5.74) is 1.79. The summed E-state index contributed by atoms with van der Waals surface area (Å²) in [6.45, 7) is 0.364. The molecule has 0 fully saturated rings. The zero-order valence-corrected chi connectivity index (χ0v) is 12.3. The Morgan fingerprint density at radius 1 is 1.19 bits per heavy atom. The van der Waals surface area contributed by atoms with E-state index < -0.39 is 0 Å². The normalized spacial score (nSPS) is 10.3. The van der Waals surface area contributed by atoms with Gasteiger partial charge in [0.2, 0.25) is 0 Å². The lowest BCUT2D eigenvalue weighted by atomic mass is 10.2. The third-order valence-corrected chi connectivity index (χ3v) is 3.25. The summed E-state index contributed by atoms with van der Waals surface area (Å²) in [6.07, 6.45) is 3.12. The number of methoxy groups -OCH3 is 1.